The van der Waals surface area contributed by atoms with Crippen molar-refractivity contribution in [3.63, 3.8) is 0 Å². The fourth-order valence-electron chi connectivity index (χ4n) is 12.4. The molecule has 7 rings (SSSR count). The van der Waals surface area contributed by atoms with E-state index in [2.05, 4.69) is 11.8 Å². The minimum absolute atomic E-state index is 0.0203. The predicted molar refractivity (Wildman–Crippen MR) is 163 cm³/mol. The summed E-state index contributed by atoms with van der Waals surface area (Å²) in [5.41, 5.74) is -0.937. The molecule has 10 nitrogen and oxygen atoms in total. The molecule has 1 aliphatic heterocycles. The number of carbonyl (C=O) groups is 2. The maximum atomic E-state index is 13.8. The molecule has 1 aromatic rings. The summed E-state index contributed by atoms with van der Waals surface area (Å²) in [4.78, 5) is 29.7. The van der Waals surface area contributed by atoms with Gasteiger partial charge in [-0.1, -0.05) is 6.92 Å². The predicted octanol–water partition coefficient (Wildman–Crippen LogP) is 3.60. The highest BCUT2D eigenvalue weighted by Gasteiger charge is 2.88. The second-order valence-corrected chi connectivity index (χ2v) is 14.4. The first-order valence-electron chi connectivity index (χ1n) is 16.6. The summed E-state index contributed by atoms with van der Waals surface area (Å²) >= 11 is 0. The third-order valence-corrected chi connectivity index (χ3v) is 13.2. The first kappa shape index (κ1) is 31.4. The number of likely N-dealkylation sites (tertiary alicyclic amines) is 1. The molecule has 1 heterocycles. The van der Waals surface area contributed by atoms with E-state index in [4.69, 9.17) is 33.2 Å². The monoisotopic (exact) mass is 627 g/mol. The average Bonchev–Trinajstić information content (AvgIpc) is 3.46. The lowest BCUT2D eigenvalue weighted by Gasteiger charge is -2.69. The van der Waals surface area contributed by atoms with E-state index >= 15 is 0 Å². The van der Waals surface area contributed by atoms with Crippen LogP contribution in [0.15, 0.2) is 24.3 Å². The zero-order valence-corrected chi connectivity index (χ0v) is 27.7. The maximum Gasteiger partial charge on any atom is 0.338 e. The van der Waals surface area contributed by atoms with Gasteiger partial charge in [0.2, 0.25) is 0 Å². The Morgan fingerprint density at radius 1 is 0.978 bits per heavy atom. The molecule has 7 bridgehead atoms. The van der Waals surface area contributed by atoms with Crippen molar-refractivity contribution in [2.45, 2.75) is 75.6 Å². The Labute approximate surface area is 266 Å². The fourth-order valence-corrected chi connectivity index (χ4v) is 12.4. The molecule has 5 saturated carbocycles. The summed E-state index contributed by atoms with van der Waals surface area (Å²) in [6.45, 7) is 6.11. The first-order valence-corrected chi connectivity index (χ1v) is 16.6. The van der Waals surface area contributed by atoms with Gasteiger partial charge in [0.05, 0.1) is 37.6 Å². The van der Waals surface area contributed by atoms with Gasteiger partial charge in [0.1, 0.15) is 17.5 Å². The smallest absolute Gasteiger partial charge is 0.338 e. The molecular weight excluding hydrogens is 578 g/mol. The van der Waals surface area contributed by atoms with Gasteiger partial charge >= 0.3 is 11.9 Å². The van der Waals surface area contributed by atoms with E-state index in [1.165, 1.54) is 6.92 Å². The van der Waals surface area contributed by atoms with Crippen LogP contribution in [0.4, 0.5) is 0 Å². The van der Waals surface area contributed by atoms with Crippen LogP contribution in [0.3, 0.4) is 0 Å². The molecule has 6 fully saturated rings. The average molecular weight is 628 g/mol. The van der Waals surface area contributed by atoms with Crippen LogP contribution >= 0.6 is 0 Å². The van der Waals surface area contributed by atoms with Crippen LogP contribution in [0.1, 0.15) is 49.9 Å². The zero-order chi connectivity index (χ0) is 31.9. The number of hydrogen-bond acceptors (Lipinski definition) is 10. The second kappa shape index (κ2) is 11.2. The van der Waals surface area contributed by atoms with Gasteiger partial charge in [0, 0.05) is 88.9 Å². The lowest BCUT2D eigenvalue weighted by molar-refractivity contribution is -0.280. The van der Waals surface area contributed by atoms with Crippen molar-refractivity contribution < 1.29 is 42.7 Å². The Hall–Kier alpha value is -2.24. The highest BCUT2D eigenvalue weighted by atomic mass is 16.6. The van der Waals surface area contributed by atoms with E-state index in [1.54, 1.807) is 45.6 Å². The van der Waals surface area contributed by atoms with Gasteiger partial charge in [-0.25, -0.2) is 4.79 Å². The first-order chi connectivity index (χ1) is 21.7. The van der Waals surface area contributed by atoms with Crippen molar-refractivity contribution in [1.29, 1.82) is 0 Å². The standard InChI is InChI=1S/C35H49NO9/c1-8-36-17-33(18-39-3)14-13-25(42-6)35-23-15-22-24(41-5)16-34(45-19(2)37,27(31(35)36)29(43-7)30(33)35)26(23)28(22)44-32(38)20-9-11-21(40-4)12-10-20/h9-12,22-31H,8,13-18H2,1-7H3/t22-,23-,24+,25+,26-,27+,28+,29+,30-,31+,33+,34-,35+/m0/s1. The Balaban J connectivity index is 1.43. The minimum atomic E-state index is -0.947. The van der Waals surface area contributed by atoms with Crippen molar-refractivity contribution in [3.8, 4) is 5.75 Å². The van der Waals surface area contributed by atoms with Gasteiger partial charge in [0.25, 0.3) is 0 Å². The number of ether oxygens (including phenoxy) is 7. The number of hydrogen-bond donors (Lipinski definition) is 0. The van der Waals surface area contributed by atoms with Gasteiger partial charge in [-0.3, -0.25) is 9.69 Å². The minimum Gasteiger partial charge on any atom is -0.497 e. The highest BCUT2D eigenvalue weighted by Crippen LogP contribution is 2.80. The number of fused-ring (bicyclic) bond motifs is 2. The Morgan fingerprint density at radius 2 is 1.73 bits per heavy atom. The summed E-state index contributed by atoms with van der Waals surface area (Å²) in [6.07, 6.45) is 2.27. The van der Waals surface area contributed by atoms with Crippen LogP contribution in [0, 0.1) is 40.4 Å². The molecule has 0 radical (unpaired) electrons. The molecule has 5 aliphatic carbocycles. The molecule has 0 amide bonds. The maximum absolute atomic E-state index is 13.8. The third-order valence-electron chi connectivity index (χ3n) is 13.2. The van der Waals surface area contributed by atoms with Crippen LogP contribution in [-0.4, -0.2) is 108 Å². The zero-order valence-electron chi connectivity index (χ0n) is 27.7. The molecule has 248 valence electrons. The van der Waals surface area contributed by atoms with Crippen molar-refractivity contribution in [2.75, 3.05) is 55.2 Å². The normalized spacial score (nSPS) is 45.7. The lowest BCUT2D eigenvalue weighted by atomic mass is 9.43. The number of carbonyl (C=O) groups excluding carboxylic acids is 2. The SMILES string of the molecule is CCN1C[C@@]2(COC)CC[C@@H](OC)[C@]34[C@H]5C[C@@H]6[C@@H](OC(=O)c7ccc(OC)cc7)[C@H]5[C@@](OC(C)=O)(C[C@H]6OC)[C@H]([C@@H](OC)[C@@H]23)[C@@H]14. The molecule has 1 spiro atoms. The molecule has 1 aromatic carbocycles. The summed E-state index contributed by atoms with van der Waals surface area (Å²) in [6, 6.07) is 7.07. The van der Waals surface area contributed by atoms with E-state index in [9.17, 15) is 9.59 Å². The molecule has 0 aromatic heterocycles. The van der Waals surface area contributed by atoms with E-state index in [0.29, 0.717) is 24.3 Å². The Morgan fingerprint density at radius 3 is 2.33 bits per heavy atom. The lowest BCUT2D eigenvalue weighted by Crippen LogP contribution is -2.77. The van der Waals surface area contributed by atoms with Gasteiger partial charge < -0.3 is 33.2 Å². The molecule has 45 heavy (non-hydrogen) atoms. The molecule has 10 heteroatoms. The third kappa shape index (κ3) is 3.98. The van der Waals surface area contributed by atoms with E-state index in [-0.39, 0.29) is 70.7 Å². The van der Waals surface area contributed by atoms with Crippen molar-refractivity contribution in [3.05, 3.63) is 29.8 Å². The quantitative estimate of drug-likeness (QED) is 0.358. The number of methoxy groups -OCH3 is 5. The van der Waals surface area contributed by atoms with Gasteiger partial charge in [-0.05, 0) is 56.0 Å². The Bertz CT molecular complexity index is 1310. The van der Waals surface area contributed by atoms with Crippen LogP contribution in [0.5, 0.6) is 5.75 Å². The molecule has 6 aliphatic rings. The molecule has 0 N–H and O–H groups in total. The van der Waals surface area contributed by atoms with Crippen molar-refractivity contribution >= 4 is 11.9 Å². The molecular formula is C35H49NO9. The number of benzene rings is 1. The topological polar surface area (TPSA) is 102 Å². The van der Waals surface area contributed by atoms with Crippen LogP contribution in [0.2, 0.25) is 0 Å². The summed E-state index contributed by atoms with van der Waals surface area (Å²) in [5, 5.41) is 0. The van der Waals surface area contributed by atoms with Crippen LogP contribution in [-0.2, 0) is 33.2 Å². The van der Waals surface area contributed by atoms with E-state index in [0.717, 1.165) is 32.4 Å². The number of piperidine rings is 1. The number of nitrogens with zero attached hydrogens (tertiary/aromatic N) is 1. The molecule has 13 atom stereocenters. The Kier molecular flexibility index (Phi) is 7.80. The summed E-state index contributed by atoms with van der Waals surface area (Å²) < 4.78 is 44.1. The van der Waals surface area contributed by atoms with Gasteiger partial charge in [0.15, 0.2) is 0 Å². The van der Waals surface area contributed by atoms with E-state index in [1.807, 2.05) is 14.2 Å². The van der Waals surface area contributed by atoms with Gasteiger partial charge in [-0.15, -0.1) is 0 Å². The van der Waals surface area contributed by atoms with E-state index < -0.39 is 17.7 Å². The second-order valence-electron chi connectivity index (χ2n) is 14.4. The number of esters is 2. The summed E-state index contributed by atoms with van der Waals surface area (Å²) in [7, 11) is 8.77. The van der Waals surface area contributed by atoms with Crippen LogP contribution < -0.4 is 4.74 Å². The number of rotatable bonds is 10. The van der Waals surface area contributed by atoms with Crippen molar-refractivity contribution in [2.24, 2.45) is 40.4 Å². The highest BCUT2D eigenvalue weighted by molar-refractivity contribution is 5.89. The van der Waals surface area contributed by atoms with Crippen molar-refractivity contribution in [1.82, 2.24) is 4.90 Å². The molecule has 1 saturated heterocycles. The fraction of sp³-hybridized carbons (Fsp3) is 0.771. The summed E-state index contributed by atoms with van der Waals surface area (Å²) in [5.74, 6) is -0.299. The largest absolute Gasteiger partial charge is 0.497 e. The molecule has 0 unspecified atom stereocenters. The van der Waals surface area contributed by atoms with Crippen LogP contribution in [0.25, 0.3) is 0 Å². The van der Waals surface area contributed by atoms with Gasteiger partial charge in [-0.2, -0.15) is 0 Å².